The Kier molecular flexibility index (Phi) is 5.03. The average Bonchev–Trinajstić information content (AvgIpc) is 2.54. The molecule has 4 N–H and O–H groups in total. The van der Waals surface area contributed by atoms with E-state index in [0.717, 1.165) is 11.5 Å². The van der Waals surface area contributed by atoms with Gasteiger partial charge in [0.2, 0.25) is 5.91 Å². The fourth-order valence-corrected chi connectivity index (χ4v) is 1.97. The fourth-order valence-electron chi connectivity index (χ4n) is 1.97. The van der Waals surface area contributed by atoms with Gasteiger partial charge in [-0.3, -0.25) is 9.48 Å². The third-order valence-electron chi connectivity index (χ3n) is 2.82. The van der Waals surface area contributed by atoms with Crippen molar-refractivity contribution in [1.82, 2.24) is 15.1 Å². The molecule has 0 bridgehead atoms. The summed E-state index contributed by atoms with van der Waals surface area (Å²) >= 11 is 0. The van der Waals surface area contributed by atoms with E-state index in [2.05, 4.69) is 29.6 Å². The van der Waals surface area contributed by atoms with Crippen molar-refractivity contribution in [3.8, 4) is 0 Å². The Bertz CT molecular complexity index is 471. The highest BCUT2D eigenvalue weighted by atomic mass is 16.1. The first-order chi connectivity index (χ1) is 9.11. The van der Waals surface area contributed by atoms with E-state index in [1.165, 1.54) is 0 Å². The minimum Gasteiger partial charge on any atom is -0.394 e. The molecule has 1 heterocycles. The summed E-state index contributed by atoms with van der Waals surface area (Å²) in [5.41, 5.74) is 7.43. The van der Waals surface area contributed by atoms with Crippen molar-refractivity contribution in [2.75, 3.05) is 17.6 Å². The molecule has 0 fully saturated rings. The van der Waals surface area contributed by atoms with Crippen molar-refractivity contribution in [1.29, 1.82) is 0 Å². The first kappa shape index (κ1) is 16.3. The Morgan fingerprint density at radius 1 is 1.40 bits per heavy atom. The quantitative estimate of drug-likeness (QED) is 0.769. The van der Waals surface area contributed by atoms with Crippen LogP contribution >= 0.6 is 0 Å². The lowest BCUT2D eigenvalue weighted by molar-refractivity contribution is -0.122. The molecule has 0 atom stereocenters. The van der Waals surface area contributed by atoms with Crippen LogP contribution in [0.4, 0.5) is 11.5 Å². The van der Waals surface area contributed by atoms with E-state index in [4.69, 9.17) is 5.73 Å². The van der Waals surface area contributed by atoms with Crippen LogP contribution in [0, 0.1) is 0 Å². The Balaban J connectivity index is 2.57. The summed E-state index contributed by atoms with van der Waals surface area (Å²) in [5.74, 6) is 1.08. The fraction of sp³-hybridized carbons (Fsp3) is 0.714. The van der Waals surface area contributed by atoms with Crippen molar-refractivity contribution in [2.24, 2.45) is 7.05 Å². The monoisotopic (exact) mass is 281 g/mol. The molecule has 0 aromatic carbocycles. The highest BCUT2D eigenvalue weighted by Crippen LogP contribution is 2.27. The number of carbonyl (C=O) groups is 1. The Hall–Kier alpha value is -1.72. The zero-order valence-electron chi connectivity index (χ0n) is 13.4. The van der Waals surface area contributed by atoms with Crippen molar-refractivity contribution in [2.45, 2.75) is 52.5 Å². The van der Waals surface area contributed by atoms with Crippen LogP contribution in [0.15, 0.2) is 0 Å². The molecule has 6 heteroatoms. The molecule has 0 saturated heterocycles. The van der Waals surface area contributed by atoms with E-state index in [9.17, 15) is 4.79 Å². The first-order valence-electron chi connectivity index (χ1n) is 6.99. The van der Waals surface area contributed by atoms with E-state index in [1.54, 1.807) is 4.68 Å². The molecule has 1 amide bonds. The second-order valence-electron chi connectivity index (χ2n) is 6.40. The largest absolute Gasteiger partial charge is 0.394 e. The number of amides is 1. The molecule has 20 heavy (non-hydrogen) atoms. The topological polar surface area (TPSA) is 85.0 Å². The number of rotatable bonds is 5. The molecule has 0 saturated carbocycles. The highest BCUT2D eigenvalue weighted by Gasteiger charge is 2.16. The summed E-state index contributed by atoms with van der Waals surface area (Å²) in [6.07, 6.45) is 0.402. The summed E-state index contributed by atoms with van der Waals surface area (Å²) in [4.78, 5) is 11.7. The van der Waals surface area contributed by atoms with E-state index in [-0.39, 0.29) is 17.4 Å². The second kappa shape index (κ2) is 6.15. The standard InChI is InChI=1S/C14H27N5O/c1-9(2)12-11(15)13(19(6)18-12)16-8-7-10(20)17-14(3,4)5/h9,16H,7-8,15H2,1-6H3,(H,17,20). The maximum absolute atomic E-state index is 11.7. The highest BCUT2D eigenvalue weighted by molar-refractivity contribution is 5.77. The first-order valence-corrected chi connectivity index (χ1v) is 6.99. The summed E-state index contributed by atoms with van der Waals surface area (Å²) < 4.78 is 1.73. The predicted molar refractivity (Wildman–Crippen MR) is 82.7 cm³/mol. The molecule has 1 aromatic heterocycles. The van der Waals surface area contributed by atoms with Gasteiger partial charge in [0, 0.05) is 25.6 Å². The number of carbonyl (C=O) groups excluding carboxylic acids is 1. The van der Waals surface area contributed by atoms with Gasteiger partial charge in [0.05, 0.1) is 11.4 Å². The maximum Gasteiger partial charge on any atom is 0.222 e. The lowest BCUT2D eigenvalue weighted by atomic mass is 10.1. The van der Waals surface area contributed by atoms with E-state index >= 15 is 0 Å². The Morgan fingerprint density at radius 3 is 2.45 bits per heavy atom. The van der Waals surface area contributed by atoms with Gasteiger partial charge in [-0.1, -0.05) is 13.8 Å². The molecule has 0 aliphatic rings. The molecular formula is C14H27N5O. The van der Waals surface area contributed by atoms with Crippen molar-refractivity contribution in [3.63, 3.8) is 0 Å². The molecule has 0 unspecified atom stereocenters. The van der Waals surface area contributed by atoms with Crippen LogP contribution in [0.25, 0.3) is 0 Å². The van der Waals surface area contributed by atoms with Crippen LogP contribution in [0.2, 0.25) is 0 Å². The number of hydrogen-bond donors (Lipinski definition) is 3. The summed E-state index contributed by atoms with van der Waals surface area (Å²) in [6.45, 7) is 10.5. The van der Waals surface area contributed by atoms with Crippen LogP contribution in [0.5, 0.6) is 0 Å². The lowest BCUT2D eigenvalue weighted by Crippen LogP contribution is -2.41. The van der Waals surface area contributed by atoms with E-state index in [1.807, 2.05) is 27.8 Å². The molecule has 1 aromatic rings. The zero-order valence-corrected chi connectivity index (χ0v) is 13.4. The van der Waals surface area contributed by atoms with Crippen molar-refractivity contribution in [3.05, 3.63) is 5.69 Å². The molecule has 1 rings (SSSR count). The smallest absolute Gasteiger partial charge is 0.222 e. The van der Waals surface area contributed by atoms with Crippen molar-refractivity contribution < 1.29 is 4.79 Å². The van der Waals surface area contributed by atoms with Crippen molar-refractivity contribution >= 4 is 17.4 Å². The number of aryl methyl sites for hydroxylation is 1. The van der Waals surface area contributed by atoms with Gasteiger partial charge in [-0.05, 0) is 26.7 Å². The van der Waals surface area contributed by atoms with Gasteiger partial charge in [0.25, 0.3) is 0 Å². The Morgan fingerprint density at radius 2 is 2.00 bits per heavy atom. The number of nitrogen functional groups attached to an aromatic ring is 1. The number of anilines is 2. The molecule has 0 spiro atoms. The summed E-state index contributed by atoms with van der Waals surface area (Å²) in [5, 5.41) is 10.5. The third-order valence-corrected chi connectivity index (χ3v) is 2.82. The van der Waals surface area contributed by atoms with E-state index < -0.39 is 0 Å². The van der Waals surface area contributed by atoms with E-state index in [0.29, 0.717) is 18.7 Å². The van der Waals surface area contributed by atoms with Gasteiger partial charge in [-0.25, -0.2) is 0 Å². The SMILES string of the molecule is CC(C)c1nn(C)c(NCCC(=O)NC(C)(C)C)c1N. The van der Waals surface area contributed by atoms with Gasteiger partial charge in [0.1, 0.15) is 5.82 Å². The molecule has 0 radical (unpaired) electrons. The lowest BCUT2D eigenvalue weighted by Gasteiger charge is -2.20. The van der Waals surface area contributed by atoms with Gasteiger partial charge in [-0.2, -0.15) is 5.10 Å². The second-order valence-corrected chi connectivity index (χ2v) is 6.40. The van der Waals surface area contributed by atoms with Crippen LogP contribution in [0.1, 0.15) is 52.7 Å². The number of nitrogens with two attached hydrogens (primary N) is 1. The predicted octanol–water partition coefficient (Wildman–Crippen LogP) is 1.84. The van der Waals surface area contributed by atoms with Crippen LogP contribution in [-0.2, 0) is 11.8 Å². The van der Waals surface area contributed by atoms with Crippen LogP contribution < -0.4 is 16.4 Å². The number of aromatic nitrogens is 2. The normalized spacial score (nSPS) is 11.8. The summed E-state index contributed by atoms with van der Waals surface area (Å²) in [7, 11) is 1.85. The van der Waals surface area contributed by atoms with Gasteiger partial charge in [-0.15, -0.1) is 0 Å². The Labute approximate surface area is 121 Å². The maximum atomic E-state index is 11.7. The molecule has 114 valence electrons. The molecule has 0 aliphatic heterocycles. The van der Waals surface area contributed by atoms with Gasteiger partial charge in [0.15, 0.2) is 0 Å². The third kappa shape index (κ3) is 4.43. The summed E-state index contributed by atoms with van der Waals surface area (Å²) in [6, 6.07) is 0. The van der Waals surface area contributed by atoms with Crippen LogP contribution in [-0.4, -0.2) is 27.8 Å². The van der Waals surface area contributed by atoms with Gasteiger partial charge < -0.3 is 16.4 Å². The van der Waals surface area contributed by atoms with Crippen LogP contribution in [0.3, 0.4) is 0 Å². The average molecular weight is 281 g/mol. The minimum atomic E-state index is -0.201. The van der Waals surface area contributed by atoms with Gasteiger partial charge >= 0.3 is 0 Å². The number of nitrogens with one attached hydrogen (secondary N) is 2. The molecule has 6 nitrogen and oxygen atoms in total. The minimum absolute atomic E-state index is 0.0230. The number of hydrogen-bond acceptors (Lipinski definition) is 4. The molecule has 0 aliphatic carbocycles. The molecular weight excluding hydrogens is 254 g/mol. The number of nitrogens with zero attached hydrogens (tertiary/aromatic N) is 2. The zero-order chi connectivity index (χ0) is 15.5.